The Labute approximate surface area is 78.0 Å². The number of hydrogen-bond donors (Lipinski definition) is 0. The van der Waals surface area contributed by atoms with Crippen molar-refractivity contribution in [1.82, 2.24) is 0 Å². The maximum atomic E-state index is 5.67. The molecule has 0 aromatic heterocycles. The molecule has 0 N–H and O–H groups in total. The highest BCUT2D eigenvalue weighted by molar-refractivity contribution is 8.21. The van der Waals surface area contributed by atoms with Crippen LogP contribution in [0.1, 0.15) is 0 Å². The fraction of sp³-hybridized carbons (Fsp3) is 0. The average Bonchev–Trinajstić information content (AvgIpc) is 1.85. The summed E-state index contributed by atoms with van der Waals surface area (Å²) in [5, 5.41) is 1.21. The smallest absolute Gasteiger partial charge is 0.0432 e. The number of benzene rings is 1. The van der Waals surface area contributed by atoms with Crippen molar-refractivity contribution in [1.29, 1.82) is 0 Å². The van der Waals surface area contributed by atoms with Gasteiger partial charge in [-0.2, -0.15) is 0 Å². The fourth-order valence-corrected chi connectivity index (χ4v) is 1.84. The van der Waals surface area contributed by atoms with Crippen LogP contribution in [-0.2, 0) is 0 Å². The van der Waals surface area contributed by atoms with Crippen molar-refractivity contribution in [2.75, 3.05) is 0 Å². The van der Waals surface area contributed by atoms with Gasteiger partial charge in [-0.25, -0.2) is 0 Å². The third kappa shape index (κ3) is 2.24. The van der Waals surface area contributed by atoms with E-state index < -0.39 is 0 Å². The van der Waals surface area contributed by atoms with Gasteiger partial charge in [-0.05, 0) is 39.9 Å². The van der Waals surface area contributed by atoms with Gasteiger partial charge in [0.2, 0.25) is 0 Å². The van der Waals surface area contributed by atoms with Crippen molar-refractivity contribution in [2.45, 2.75) is 4.90 Å². The molecule has 0 bridgehead atoms. The third-order valence-electron chi connectivity index (χ3n) is 0.925. The monoisotopic (exact) mass is 212 g/mol. The van der Waals surface area contributed by atoms with Crippen LogP contribution in [0.5, 0.6) is 0 Å². The van der Waals surface area contributed by atoms with Crippen LogP contribution in [0.4, 0.5) is 0 Å². The van der Waals surface area contributed by atoms with Gasteiger partial charge in [0.1, 0.15) is 0 Å². The fourth-order valence-electron chi connectivity index (χ4n) is 0.573. The highest BCUT2D eigenvalue weighted by Gasteiger charge is 1.95. The average molecular weight is 214 g/mol. The number of hydrogen-bond acceptors (Lipinski definition) is 1. The van der Waals surface area contributed by atoms with Gasteiger partial charge in [0.25, 0.3) is 0 Å². The molecule has 0 saturated heterocycles. The van der Waals surface area contributed by atoms with Crippen molar-refractivity contribution in [3.63, 3.8) is 0 Å². The van der Waals surface area contributed by atoms with E-state index in [2.05, 4.69) is 0 Å². The lowest BCUT2D eigenvalue weighted by molar-refractivity contribution is 1.48. The predicted molar refractivity (Wildman–Crippen MR) is 48.2 cm³/mol. The van der Waals surface area contributed by atoms with Crippen molar-refractivity contribution in [2.24, 2.45) is 0 Å². The Morgan fingerprint density at radius 2 is 1.50 bits per heavy atom. The summed E-state index contributed by atoms with van der Waals surface area (Å²) in [7, 11) is 6.57. The van der Waals surface area contributed by atoms with Crippen LogP contribution in [0, 0.1) is 0 Å². The molecule has 0 amide bonds. The largest absolute Gasteiger partial charge is 0.0842 e. The van der Waals surface area contributed by atoms with Crippen LogP contribution < -0.4 is 0 Å². The summed E-state index contributed by atoms with van der Waals surface area (Å²) in [5.74, 6) is 0. The van der Waals surface area contributed by atoms with Gasteiger partial charge >= 0.3 is 0 Å². The molecular weight excluding hydrogens is 210 g/mol. The van der Waals surface area contributed by atoms with E-state index in [9.17, 15) is 0 Å². The Morgan fingerprint density at radius 3 is 1.90 bits per heavy atom. The summed E-state index contributed by atoms with van der Waals surface area (Å²) < 4.78 is 0. The molecule has 0 aliphatic heterocycles. The predicted octanol–water partition coefficient (Wildman–Crippen LogP) is 4.24. The first kappa shape index (κ1) is 8.54. The van der Waals surface area contributed by atoms with Crippen LogP contribution >= 0.6 is 44.9 Å². The van der Waals surface area contributed by atoms with E-state index in [-0.39, 0.29) is 0 Å². The second-order valence-corrected chi connectivity index (χ2v) is 3.64. The molecule has 1 aromatic carbocycles. The summed E-state index contributed by atoms with van der Waals surface area (Å²) in [6.07, 6.45) is 0. The molecule has 1 rings (SSSR count). The highest BCUT2D eigenvalue weighted by atomic mass is 35.7. The highest BCUT2D eigenvalue weighted by Crippen LogP contribution is 2.28. The maximum Gasteiger partial charge on any atom is 0.0432 e. The number of halogens is 3. The first-order valence-electron chi connectivity index (χ1n) is 2.47. The maximum absolute atomic E-state index is 5.67. The molecule has 0 fully saturated rings. The zero-order valence-electron chi connectivity index (χ0n) is 4.77. The molecule has 10 heavy (non-hydrogen) atoms. The lowest BCUT2D eigenvalue weighted by Gasteiger charge is -1.95. The van der Waals surface area contributed by atoms with E-state index in [4.69, 9.17) is 33.9 Å². The molecule has 0 aliphatic carbocycles. The van der Waals surface area contributed by atoms with E-state index >= 15 is 0 Å². The van der Waals surface area contributed by atoms with E-state index in [1.54, 1.807) is 18.2 Å². The van der Waals surface area contributed by atoms with Gasteiger partial charge in [-0.1, -0.05) is 23.2 Å². The van der Waals surface area contributed by atoms with Crippen molar-refractivity contribution in [3.8, 4) is 0 Å². The summed E-state index contributed by atoms with van der Waals surface area (Å²) in [5.41, 5.74) is 0. The lowest BCUT2D eigenvalue weighted by Crippen LogP contribution is -1.68. The van der Waals surface area contributed by atoms with Crippen molar-refractivity contribution < 1.29 is 0 Å². The van der Waals surface area contributed by atoms with Gasteiger partial charge in [0.15, 0.2) is 0 Å². The van der Waals surface area contributed by atoms with Crippen LogP contribution in [0.3, 0.4) is 0 Å². The molecule has 0 saturated carbocycles. The normalized spacial score (nSPS) is 9.90. The Kier molecular flexibility index (Phi) is 3.18. The topological polar surface area (TPSA) is 0 Å². The van der Waals surface area contributed by atoms with Gasteiger partial charge in [-0.3, -0.25) is 0 Å². The minimum absolute atomic E-state index is 0.607. The van der Waals surface area contributed by atoms with Gasteiger partial charge < -0.3 is 0 Å². The van der Waals surface area contributed by atoms with Gasteiger partial charge in [0.05, 0.1) is 0 Å². The molecule has 0 atom stereocenters. The molecule has 4 heteroatoms. The van der Waals surface area contributed by atoms with Crippen LogP contribution in [0.2, 0.25) is 10.0 Å². The summed E-state index contributed by atoms with van der Waals surface area (Å²) in [4.78, 5) is 0.860. The van der Waals surface area contributed by atoms with E-state index in [1.807, 2.05) is 0 Å². The van der Waals surface area contributed by atoms with E-state index in [0.717, 1.165) is 15.9 Å². The van der Waals surface area contributed by atoms with Crippen LogP contribution in [0.15, 0.2) is 23.1 Å². The zero-order valence-corrected chi connectivity index (χ0v) is 7.86. The first-order chi connectivity index (χ1) is 4.72. The van der Waals surface area contributed by atoms with Crippen LogP contribution in [0.25, 0.3) is 0 Å². The Balaban J connectivity index is 3.06. The van der Waals surface area contributed by atoms with E-state index in [0.29, 0.717) is 10.0 Å². The second kappa shape index (κ2) is 3.72. The standard InChI is InChI=1S/C6H3Cl3S/c7-4-1-5(8)3-6(2-4)10-9/h1-3H. The third-order valence-corrected chi connectivity index (χ3v) is 2.31. The molecule has 0 radical (unpaired) electrons. The minimum Gasteiger partial charge on any atom is -0.0842 e. The molecule has 54 valence electrons. The molecule has 0 aliphatic rings. The molecule has 0 unspecified atom stereocenters. The van der Waals surface area contributed by atoms with Crippen molar-refractivity contribution in [3.05, 3.63) is 28.2 Å². The quantitative estimate of drug-likeness (QED) is 0.672. The second-order valence-electron chi connectivity index (χ2n) is 1.68. The zero-order chi connectivity index (χ0) is 7.56. The SMILES string of the molecule is ClSc1cc(Cl)cc(Cl)c1. The molecular formula is C6H3Cl3S. The minimum atomic E-state index is 0.607. The Bertz CT molecular complexity index is 216. The summed E-state index contributed by atoms with van der Waals surface area (Å²) in [6, 6.07) is 5.18. The Hall–Kier alpha value is 0.440. The molecule has 0 nitrogen and oxygen atoms in total. The van der Waals surface area contributed by atoms with E-state index in [1.165, 1.54) is 0 Å². The Morgan fingerprint density at radius 1 is 1.00 bits per heavy atom. The van der Waals surface area contributed by atoms with Crippen molar-refractivity contribution >= 4 is 44.9 Å². The number of rotatable bonds is 1. The van der Waals surface area contributed by atoms with Gasteiger partial charge in [0, 0.05) is 14.9 Å². The van der Waals surface area contributed by atoms with Gasteiger partial charge in [-0.15, -0.1) is 0 Å². The lowest BCUT2D eigenvalue weighted by atomic mass is 10.4. The van der Waals surface area contributed by atoms with Crippen LogP contribution in [-0.4, -0.2) is 0 Å². The first-order valence-corrected chi connectivity index (χ1v) is 4.87. The molecule has 0 heterocycles. The summed E-state index contributed by atoms with van der Waals surface area (Å²) in [6.45, 7) is 0. The summed E-state index contributed by atoms with van der Waals surface area (Å²) >= 11 is 11.3. The molecule has 1 aromatic rings. The molecule has 0 spiro atoms.